The Morgan fingerprint density at radius 3 is 2.49 bits per heavy atom. The van der Waals surface area contributed by atoms with Gasteiger partial charge in [0, 0.05) is 31.5 Å². The van der Waals surface area contributed by atoms with Crippen LogP contribution in [0.3, 0.4) is 0 Å². The summed E-state index contributed by atoms with van der Waals surface area (Å²) in [4.78, 5) is 36.7. The lowest BCUT2D eigenvalue weighted by molar-refractivity contribution is -0.119. The highest BCUT2D eigenvalue weighted by Crippen LogP contribution is 2.49. The molecule has 1 saturated heterocycles. The number of hydrogen-bond donors (Lipinski definition) is 0. The van der Waals surface area contributed by atoms with Crippen molar-refractivity contribution in [2.24, 2.45) is 5.92 Å². The van der Waals surface area contributed by atoms with Crippen molar-refractivity contribution in [1.82, 2.24) is 19.7 Å². The highest BCUT2D eigenvalue weighted by Gasteiger charge is 2.55. The van der Waals surface area contributed by atoms with Crippen LogP contribution in [-0.4, -0.2) is 70.8 Å². The Kier molecular flexibility index (Phi) is 6.71. The van der Waals surface area contributed by atoms with Crippen molar-refractivity contribution in [2.75, 3.05) is 33.7 Å². The van der Waals surface area contributed by atoms with Crippen molar-refractivity contribution in [3.05, 3.63) is 54.2 Å². The van der Waals surface area contributed by atoms with Gasteiger partial charge in [0.2, 0.25) is 0 Å². The van der Waals surface area contributed by atoms with Gasteiger partial charge in [-0.25, -0.2) is 9.78 Å². The number of benzene rings is 1. The van der Waals surface area contributed by atoms with Crippen molar-refractivity contribution >= 4 is 11.8 Å². The number of aryl methyl sites for hydroxylation is 1. The monoisotopic (exact) mass is 478 g/mol. The number of urea groups is 1. The standard InChI is InChI=1S/C28H38N4O3/c1-30(2)28(23-9-4-3-5-10-23)15-13-27(14-16-28)20-31(26(34)32(27)18-22-7-6-8-22)19-24(33)11-12-25-17-29-21-35-25/h3-5,9-10,17,21-22H,6-8,11-16,18-20H2,1-2H3. The molecule has 1 spiro atoms. The van der Waals surface area contributed by atoms with E-state index < -0.39 is 0 Å². The molecule has 3 aliphatic rings. The summed E-state index contributed by atoms with van der Waals surface area (Å²) >= 11 is 0. The molecule has 2 saturated carbocycles. The fourth-order valence-corrected chi connectivity index (χ4v) is 6.43. The van der Waals surface area contributed by atoms with Crippen molar-refractivity contribution in [3.8, 4) is 0 Å². The Morgan fingerprint density at radius 2 is 1.89 bits per heavy atom. The van der Waals surface area contributed by atoms with Crippen LogP contribution >= 0.6 is 0 Å². The molecule has 0 N–H and O–H groups in total. The van der Waals surface area contributed by atoms with Crippen molar-refractivity contribution < 1.29 is 14.0 Å². The summed E-state index contributed by atoms with van der Waals surface area (Å²) in [5.41, 5.74) is 1.17. The molecule has 0 atom stereocenters. The first kappa shape index (κ1) is 24.0. The number of carbonyl (C=O) groups excluding carboxylic acids is 2. The number of Topliss-reactive ketones (excluding diaryl/α,β-unsaturated/α-hetero) is 1. The predicted octanol–water partition coefficient (Wildman–Crippen LogP) is 4.48. The lowest BCUT2D eigenvalue weighted by Crippen LogP contribution is -2.56. The Bertz CT molecular complexity index is 1010. The van der Waals surface area contributed by atoms with Gasteiger partial charge >= 0.3 is 6.03 Å². The Labute approximate surface area is 208 Å². The maximum Gasteiger partial charge on any atom is 0.321 e. The van der Waals surface area contributed by atoms with Gasteiger partial charge in [0.15, 0.2) is 12.2 Å². The summed E-state index contributed by atoms with van der Waals surface area (Å²) in [5.74, 6) is 1.40. The Balaban J connectivity index is 1.31. The third-order valence-electron chi connectivity index (χ3n) is 8.90. The van der Waals surface area contributed by atoms with Crippen LogP contribution < -0.4 is 0 Å². The van der Waals surface area contributed by atoms with E-state index in [-0.39, 0.29) is 29.4 Å². The van der Waals surface area contributed by atoms with Crippen molar-refractivity contribution in [3.63, 3.8) is 0 Å². The van der Waals surface area contributed by atoms with E-state index in [1.807, 2.05) is 4.90 Å². The summed E-state index contributed by atoms with van der Waals surface area (Å²) in [6.45, 7) is 1.68. The zero-order chi connectivity index (χ0) is 24.5. The largest absolute Gasteiger partial charge is 0.449 e. The van der Waals surface area contributed by atoms with Gasteiger partial charge in [-0.2, -0.15) is 0 Å². The molecule has 2 heterocycles. The summed E-state index contributed by atoms with van der Waals surface area (Å²) in [7, 11) is 4.35. The number of carbonyl (C=O) groups is 2. The minimum absolute atomic E-state index is 0.0159. The average Bonchev–Trinajstić information content (AvgIpc) is 3.43. The second-order valence-electron chi connectivity index (χ2n) is 11.1. The van der Waals surface area contributed by atoms with E-state index in [9.17, 15) is 9.59 Å². The molecule has 2 amide bonds. The number of oxazole rings is 1. The molecule has 3 fully saturated rings. The summed E-state index contributed by atoms with van der Waals surface area (Å²) in [6.07, 6.45) is 11.5. The number of aromatic nitrogens is 1. The molecule has 1 aromatic carbocycles. The topological polar surface area (TPSA) is 69.9 Å². The fourth-order valence-electron chi connectivity index (χ4n) is 6.43. The van der Waals surface area contributed by atoms with E-state index in [0.29, 0.717) is 31.1 Å². The van der Waals surface area contributed by atoms with Crippen LogP contribution in [0.25, 0.3) is 0 Å². The highest BCUT2D eigenvalue weighted by atomic mass is 16.3. The maximum absolute atomic E-state index is 13.6. The molecule has 7 nitrogen and oxygen atoms in total. The van der Waals surface area contributed by atoms with Crippen LogP contribution in [0.5, 0.6) is 0 Å². The first-order valence-electron chi connectivity index (χ1n) is 13.1. The number of nitrogens with zero attached hydrogens (tertiary/aromatic N) is 4. The SMILES string of the molecule is CN(C)C1(c2ccccc2)CCC2(CC1)CN(CC(=O)CCc1cnco1)C(=O)N2CC1CCC1. The van der Waals surface area contributed by atoms with Crippen LogP contribution in [-0.2, 0) is 16.8 Å². The second-order valence-corrected chi connectivity index (χ2v) is 11.1. The Morgan fingerprint density at radius 1 is 1.14 bits per heavy atom. The van der Waals surface area contributed by atoms with Crippen LogP contribution in [0.15, 0.2) is 47.3 Å². The molecule has 5 rings (SSSR count). The average molecular weight is 479 g/mol. The molecule has 7 heteroatoms. The normalized spacial score (nSPS) is 27.1. The van der Waals surface area contributed by atoms with E-state index >= 15 is 0 Å². The van der Waals surface area contributed by atoms with Gasteiger partial charge in [-0.3, -0.25) is 9.69 Å². The molecular weight excluding hydrogens is 440 g/mol. The van der Waals surface area contributed by atoms with Gasteiger partial charge < -0.3 is 14.2 Å². The number of rotatable bonds is 9. The van der Waals surface area contributed by atoms with Crippen molar-refractivity contribution in [1.29, 1.82) is 0 Å². The van der Waals surface area contributed by atoms with Gasteiger partial charge in [-0.1, -0.05) is 36.8 Å². The molecule has 1 aliphatic heterocycles. The molecule has 2 aliphatic carbocycles. The molecular formula is C28H38N4O3. The zero-order valence-corrected chi connectivity index (χ0v) is 21.1. The first-order valence-corrected chi connectivity index (χ1v) is 13.1. The third kappa shape index (κ3) is 4.63. The van der Waals surface area contributed by atoms with Crippen LogP contribution in [0.1, 0.15) is 62.7 Å². The van der Waals surface area contributed by atoms with Gasteiger partial charge in [-0.05, 0) is 64.1 Å². The maximum atomic E-state index is 13.6. The number of ketones is 1. The molecule has 35 heavy (non-hydrogen) atoms. The minimum Gasteiger partial charge on any atom is -0.449 e. The summed E-state index contributed by atoms with van der Waals surface area (Å²) in [6, 6.07) is 10.9. The fraction of sp³-hybridized carbons (Fsp3) is 0.607. The minimum atomic E-state index is -0.174. The molecule has 0 bridgehead atoms. The lowest BCUT2D eigenvalue weighted by atomic mass is 9.68. The first-order chi connectivity index (χ1) is 16.9. The van der Waals surface area contributed by atoms with E-state index in [0.717, 1.165) is 32.2 Å². The van der Waals surface area contributed by atoms with E-state index in [2.05, 4.69) is 59.2 Å². The molecule has 1 aromatic heterocycles. The van der Waals surface area contributed by atoms with Crippen molar-refractivity contribution in [2.45, 2.75) is 68.9 Å². The molecule has 0 unspecified atom stereocenters. The van der Waals surface area contributed by atoms with Crippen LogP contribution in [0.2, 0.25) is 0 Å². The number of hydrogen-bond acceptors (Lipinski definition) is 5. The van der Waals surface area contributed by atoms with E-state index in [1.165, 1.54) is 31.2 Å². The third-order valence-corrected chi connectivity index (χ3v) is 8.90. The highest BCUT2D eigenvalue weighted by molar-refractivity contribution is 5.87. The quantitative estimate of drug-likeness (QED) is 0.531. The molecule has 188 valence electrons. The summed E-state index contributed by atoms with van der Waals surface area (Å²) < 4.78 is 5.26. The Hall–Kier alpha value is -2.67. The van der Waals surface area contributed by atoms with Gasteiger partial charge in [0.1, 0.15) is 5.76 Å². The predicted molar refractivity (Wildman–Crippen MR) is 134 cm³/mol. The van der Waals surface area contributed by atoms with Crippen LogP contribution in [0.4, 0.5) is 4.79 Å². The van der Waals surface area contributed by atoms with Gasteiger partial charge in [0.25, 0.3) is 0 Å². The smallest absolute Gasteiger partial charge is 0.321 e. The second kappa shape index (κ2) is 9.76. The number of amides is 2. The van der Waals surface area contributed by atoms with Crippen LogP contribution in [0, 0.1) is 5.92 Å². The van der Waals surface area contributed by atoms with E-state index in [1.54, 1.807) is 6.20 Å². The van der Waals surface area contributed by atoms with E-state index in [4.69, 9.17) is 4.42 Å². The lowest BCUT2D eigenvalue weighted by Gasteiger charge is -2.51. The summed E-state index contributed by atoms with van der Waals surface area (Å²) in [5, 5.41) is 0. The van der Waals surface area contributed by atoms with Gasteiger partial charge in [0.05, 0.1) is 18.3 Å². The molecule has 0 radical (unpaired) electrons. The molecule has 2 aromatic rings. The van der Waals surface area contributed by atoms with Gasteiger partial charge in [-0.15, -0.1) is 0 Å². The zero-order valence-electron chi connectivity index (χ0n) is 21.1.